The van der Waals surface area contributed by atoms with Gasteiger partial charge in [-0.2, -0.15) is 0 Å². The Bertz CT molecular complexity index is 810. The molecule has 1 aliphatic heterocycles. The molecule has 0 amide bonds. The minimum absolute atomic E-state index is 0.0958. The summed E-state index contributed by atoms with van der Waals surface area (Å²) in [4.78, 5) is 23.2. The van der Waals surface area contributed by atoms with E-state index in [4.69, 9.17) is 19.6 Å². The number of unbranched alkanes of at least 4 members (excludes halogenated alkanes) is 2. The Kier molecular flexibility index (Phi) is 4.51. The van der Waals surface area contributed by atoms with Crippen molar-refractivity contribution < 1.29 is 27.9 Å². The van der Waals surface area contributed by atoms with Gasteiger partial charge in [0.15, 0.2) is 0 Å². The summed E-state index contributed by atoms with van der Waals surface area (Å²) in [6.45, 7) is 3.61. The van der Waals surface area contributed by atoms with Gasteiger partial charge in [-0.05, 0) is 37.5 Å². The molecule has 1 unspecified atom stereocenters. The van der Waals surface area contributed by atoms with Gasteiger partial charge in [0.25, 0.3) is 0 Å². The fraction of sp³-hybridized carbons (Fsp3) is 0.444. The number of carbonyl (C=O) groups excluding carboxylic acids is 2. The topological polar surface area (TPSA) is 91.8 Å². The van der Waals surface area contributed by atoms with Crippen LogP contribution in [-0.4, -0.2) is 18.0 Å². The number of fused-ring (bicyclic) bond motifs is 1. The van der Waals surface area contributed by atoms with Crippen LogP contribution in [-0.2, 0) is 31.3 Å². The second kappa shape index (κ2) is 6.48. The fourth-order valence-electron chi connectivity index (χ4n) is 3.09. The van der Waals surface area contributed by atoms with Crippen molar-refractivity contribution in [2.45, 2.75) is 51.4 Å². The molecule has 1 saturated heterocycles. The van der Waals surface area contributed by atoms with E-state index < -0.39 is 29.6 Å². The van der Waals surface area contributed by atoms with Crippen LogP contribution in [0.5, 0.6) is 0 Å². The summed E-state index contributed by atoms with van der Waals surface area (Å²) in [7, 11) is 0. The minimum Gasteiger partial charge on any atom is -0.463 e. The molecule has 0 radical (unpaired) electrons. The number of aryl methyl sites for hydroxylation is 1. The van der Waals surface area contributed by atoms with Gasteiger partial charge in [0, 0.05) is 5.39 Å². The second-order valence-corrected chi connectivity index (χ2v) is 6.28. The lowest BCUT2D eigenvalue weighted by Crippen LogP contribution is -2.45. The van der Waals surface area contributed by atoms with Crippen molar-refractivity contribution >= 4 is 22.9 Å². The predicted octanol–water partition coefficient (Wildman–Crippen LogP) is 2.90. The first-order chi connectivity index (χ1) is 11.9. The predicted molar refractivity (Wildman–Crippen MR) is 86.9 cm³/mol. The normalized spacial score (nSPS) is 17.6. The largest absolute Gasteiger partial charge is 0.463 e. The molecule has 3 rings (SSSR count). The molecule has 0 spiro atoms. The van der Waals surface area contributed by atoms with Crippen molar-refractivity contribution in [2.24, 2.45) is 5.73 Å². The first-order valence-corrected chi connectivity index (χ1v) is 8.31. The number of ether oxygens (including phenoxy) is 2. The molecular weight excluding hydrogens is 329 g/mol. The van der Waals surface area contributed by atoms with Crippen LogP contribution in [0.2, 0.25) is 0 Å². The third kappa shape index (κ3) is 2.89. The minimum atomic E-state index is -1.90. The van der Waals surface area contributed by atoms with Gasteiger partial charge in [0.2, 0.25) is 0 Å². The molecule has 6 nitrogen and oxygen atoms in total. The Morgan fingerprint density at radius 1 is 1.20 bits per heavy atom. The Hall–Kier alpha value is -2.41. The highest BCUT2D eigenvalue weighted by Gasteiger charge is 2.54. The van der Waals surface area contributed by atoms with Crippen LogP contribution in [0.3, 0.4) is 0 Å². The summed E-state index contributed by atoms with van der Waals surface area (Å²) in [6, 6.07) is 1.56. The Morgan fingerprint density at radius 2 is 1.88 bits per heavy atom. The zero-order valence-corrected chi connectivity index (χ0v) is 14.1. The standard InChI is InChI=1S/C18H20FNO5/c1-3-4-5-6-11-9-23-15-13(11)7-12(19)8-14(15)18(10(2)20)24-16(21)17(22)25-18/h7-10H,3-6,20H2,1-2H3. The third-order valence-corrected chi connectivity index (χ3v) is 4.40. The van der Waals surface area contributed by atoms with Crippen LogP contribution < -0.4 is 5.73 Å². The highest BCUT2D eigenvalue weighted by Crippen LogP contribution is 2.41. The van der Waals surface area contributed by atoms with Gasteiger partial charge in [-0.1, -0.05) is 19.8 Å². The SMILES string of the molecule is CCCCCc1coc2c(C3(C(C)N)OC(=O)C(=O)O3)cc(F)cc12. The van der Waals surface area contributed by atoms with Gasteiger partial charge in [-0.3, -0.25) is 0 Å². The maximum atomic E-state index is 14.3. The average Bonchev–Trinajstić information content (AvgIpc) is 3.09. The molecule has 1 aromatic heterocycles. The molecular formula is C18H20FNO5. The maximum Gasteiger partial charge on any atom is 0.421 e. The van der Waals surface area contributed by atoms with Gasteiger partial charge in [-0.25, -0.2) is 14.0 Å². The van der Waals surface area contributed by atoms with Crippen LogP contribution >= 0.6 is 0 Å². The number of carbonyl (C=O) groups is 2. The van der Waals surface area contributed by atoms with Crippen molar-refractivity contribution in [1.82, 2.24) is 0 Å². The summed E-state index contributed by atoms with van der Waals surface area (Å²) < 4.78 is 30.1. The Morgan fingerprint density at radius 3 is 2.48 bits per heavy atom. The van der Waals surface area contributed by atoms with E-state index in [1.165, 1.54) is 13.0 Å². The highest BCUT2D eigenvalue weighted by atomic mass is 19.1. The number of benzene rings is 1. The van der Waals surface area contributed by atoms with Crippen molar-refractivity contribution in [3.63, 3.8) is 0 Å². The van der Waals surface area contributed by atoms with Crippen LogP contribution in [0, 0.1) is 5.82 Å². The van der Waals surface area contributed by atoms with E-state index in [9.17, 15) is 14.0 Å². The number of hydrogen-bond donors (Lipinski definition) is 1. The van der Waals surface area contributed by atoms with Gasteiger partial charge in [0.05, 0.1) is 17.9 Å². The van der Waals surface area contributed by atoms with Crippen LogP contribution in [0.25, 0.3) is 11.0 Å². The number of hydrogen-bond acceptors (Lipinski definition) is 6. The number of nitrogens with two attached hydrogens (primary N) is 1. The summed E-state index contributed by atoms with van der Waals surface area (Å²) in [5.74, 6) is -4.78. The van der Waals surface area contributed by atoms with Gasteiger partial charge >= 0.3 is 17.7 Å². The van der Waals surface area contributed by atoms with Crippen LogP contribution in [0.15, 0.2) is 22.8 Å². The molecule has 1 fully saturated rings. The Balaban J connectivity index is 2.12. The second-order valence-electron chi connectivity index (χ2n) is 6.28. The van der Waals surface area contributed by atoms with E-state index in [1.807, 2.05) is 0 Å². The summed E-state index contributed by atoms with van der Waals surface area (Å²) in [5.41, 5.74) is 7.16. The number of rotatable bonds is 6. The molecule has 0 aliphatic carbocycles. The van der Waals surface area contributed by atoms with E-state index in [1.54, 1.807) is 6.26 Å². The number of cyclic esters (lactones) is 2. The van der Waals surface area contributed by atoms with Crippen LogP contribution in [0.1, 0.15) is 44.2 Å². The first kappa shape index (κ1) is 17.4. The smallest absolute Gasteiger partial charge is 0.421 e. The van der Waals surface area contributed by atoms with Crippen molar-refractivity contribution in [3.8, 4) is 0 Å². The lowest BCUT2D eigenvalue weighted by molar-refractivity contribution is -0.191. The average molecular weight is 349 g/mol. The maximum absolute atomic E-state index is 14.3. The highest BCUT2D eigenvalue weighted by molar-refractivity contribution is 6.31. The fourth-order valence-corrected chi connectivity index (χ4v) is 3.09. The van der Waals surface area contributed by atoms with E-state index >= 15 is 0 Å². The molecule has 25 heavy (non-hydrogen) atoms. The molecule has 1 aromatic carbocycles. The van der Waals surface area contributed by atoms with Crippen LogP contribution in [0.4, 0.5) is 4.39 Å². The molecule has 0 bridgehead atoms. The Labute approximate surface area is 144 Å². The molecule has 1 atom stereocenters. The summed E-state index contributed by atoms with van der Waals surface area (Å²) in [5, 5.41) is 0.560. The van der Waals surface area contributed by atoms with Gasteiger partial charge in [0.1, 0.15) is 11.4 Å². The molecule has 1 aliphatic rings. The molecule has 7 heteroatoms. The number of halogens is 1. The molecule has 134 valence electrons. The lowest BCUT2D eigenvalue weighted by atomic mass is 9.95. The van der Waals surface area contributed by atoms with E-state index in [-0.39, 0.29) is 5.56 Å². The van der Waals surface area contributed by atoms with Crippen molar-refractivity contribution in [1.29, 1.82) is 0 Å². The van der Waals surface area contributed by atoms with E-state index in [2.05, 4.69) is 6.92 Å². The van der Waals surface area contributed by atoms with Gasteiger partial charge in [-0.15, -0.1) is 0 Å². The summed E-state index contributed by atoms with van der Waals surface area (Å²) >= 11 is 0. The zero-order valence-electron chi connectivity index (χ0n) is 14.1. The van der Waals surface area contributed by atoms with Crippen molar-refractivity contribution in [2.75, 3.05) is 0 Å². The third-order valence-electron chi connectivity index (χ3n) is 4.40. The summed E-state index contributed by atoms with van der Waals surface area (Å²) in [6.07, 6.45) is 5.34. The monoisotopic (exact) mass is 349 g/mol. The molecule has 2 heterocycles. The van der Waals surface area contributed by atoms with E-state index in [0.29, 0.717) is 11.0 Å². The quantitative estimate of drug-likeness (QED) is 0.490. The zero-order chi connectivity index (χ0) is 18.2. The molecule has 0 saturated carbocycles. The number of furan rings is 1. The van der Waals surface area contributed by atoms with Crippen molar-refractivity contribution in [3.05, 3.63) is 35.3 Å². The molecule has 2 aromatic rings. The lowest BCUT2D eigenvalue weighted by Gasteiger charge is -2.29. The number of esters is 2. The van der Waals surface area contributed by atoms with E-state index in [0.717, 1.165) is 37.3 Å². The molecule has 2 N–H and O–H groups in total. The first-order valence-electron chi connectivity index (χ1n) is 8.31. The van der Waals surface area contributed by atoms with Gasteiger partial charge < -0.3 is 19.6 Å².